The van der Waals surface area contributed by atoms with Crippen molar-refractivity contribution < 1.29 is 47.7 Å². The van der Waals surface area contributed by atoms with Crippen molar-refractivity contribution in [1.29, 1.82) is 0 Å². The molecule has 0 radical (unpaired) electrons. The van der Waals surface area contributed by atoms with Gasteiger partial charge in [0.05, 0.1) is 45.0 Å². The molecule has 1 aromatic carbocycles. The summed E-state index contributed by atoms with van der Waals surface area (Å²) in [6.07, 6.45) is 23.8. The number of carbonyl (C=O) groups excluding carboxylic acids is 5. The topological polar surface area (TPSA) is 543 Å². The van der Waals surface area contributed by atoms with E-state index in [9.17, 15) is 33.3 Å². The quantitative estimate of drug-likeness (QED) is 0.00433. The van der Waals surface area contributed by atoms with Crippen LogP contribution in [-0.2, 0) is 50.7 Å². The van der Waals surface area contributed by atoms with Crippen molar-refractivity contribution in [2.45, 2.75) is 178 Å². The Kier molecular flexibility index (Phi) is 57.8. The van der Waals surface area contributed by atoms with Crippen molar-refractivity contribution in [2.24, 2.45) is 5.73 Å². The van der Waals surface area contributed by atoms with E-state index in [4.69, 9.17) is 101 Å². The van der Waals surface area contributed by atoms with E-state index in [1.54, 1.807) is 39.1 Å². The van der Waals surface area contributed by atoms with Gasteiger partial charge in [-0.1, -0.05) is 100 Å². The van der Waals surface area contributed by atoms with Crippen LogP contribution in [0.15, 0.2) is 83.6 Å². The smallest absolute Gasteiger partial charge is 0.487 e. The number of allylic oxidation sites excluding steroid dienone is 3. The fourth-order valence-electron chi connectivity index (χ4n) is 7.85. The number of rotatable bonds is 27. The number of aromatic amines is 1. The minimum Gasteiger partial charge on any atom is -0.497 e. The average molecular weight is 1880 g/mol. The third-order valence-corrected chi connectivity index (χ3v) is 15.9. The van der Waals surface area contributed by atoms with Gasteiger partial charge in [-0.2, -0.15) is 19.9 Å². The summed E-state index contributed by atoms with van der Waals surface area (Å²) in [5.74, 6) is 7.88. The SMILES string of the molecule is C#Cc1ccc(OC)cc1.CC(=O)/C=C/B1OC(C)(C)C(C)(C)O1.CC(=O)/C=C/c1cc(Cl)nc(N)n1.CCCCN.CCCCNc1cc(/C=C/C(C)=O)nc(N)n1.CCCCNc1cc(CCC(C)=O)nc(N)n1.CCCCNc1nc(N)nc(CCC(C)=O)c1I.Nc1nc(Cl)cc(Cl)n1.Nc1nc(O)cc(=O)[nH]1.O=P(Cl)(Cl)Cl. The van der Waals surface area contributed by atoms with E-state index in [-0.39, 0.29) is 97.1 Å². The summed E-state index contributed by atoms with van der Waals surface area (Å²) in [5.41, 5.74) is 40.1. The molecule has 7 aromatic rings. The fourth-order valence-corrected chi connectivity index (χ4v) is 9.18. The molecule has 1 saturated heterocycles. The van der Waals surface area contributed by atoms with Gasteiger partial charge in [0.15, 0.2) is 17.3 Å². The number of ether oxygens (including phenoxy) is 1. The number of ketones is 5. The molecule has 7 heterocycles. The van der Waals surface area contributed by atoms with Crippen LogP contribution in [0.4, 0.5) is 53.1 Å². The van der Waals surface area contributed by atoms with Crippen LogP contribution in [0, 0.1) is 15.9 Å². The minimum absolute atomic E-state index is 0.000266. The average Bonchev–Trinajstić information content (AvgIpc) is 1.64. The first-order chi connectivity index (χ1) is 54.7. The lowest BCUT2D eigenvalue weighted by Gasteiger charge is -2.32. The number of carbonyl (C=O) groups is 5. The number of hydrogen-bond donors (Lipinski definition) is 12. The summed E-state index contributed by atoms with van der Waals surface area (Å²) in [5, 5.41) is 15.8. The summed E-state index contributed by atoms with van der Waals surface area (Å²) in [7, 11) is 1.22. The Morgan fingerprint density at radius 3 is 1.42 bits per heavy atom. The number of hydrogen-bond acceptors (Lipinski definition) is 32. The van der Waals surface area contributed by atoms with Crippen LogP contribution in [0.3, 0.4) is 0 Å². The molecule has 0 amide bonds. The van der Waals surface area contributed by atoms with Crippen LogP contribution in [0.1, 0.15) is 183 Å². The Bertz CT molecular complexity index is 4310. The van der Waals surface area contributed by atoms with Gasteiger partial charge in [-0.25, -0.2) is 34.9 Å². The number of nitrogens with one attached hydrogen (secondary N) is 4. The number of methoxy groups -OCH3 is 1. The molecule has 1 aliphatic rings. The summed E-state index contributed by atoms with van der Waals surface area (Å²) in [6, 6.07) is 14.9. The molecule has 1 fully saturated rings. The van der Waals surface area contributed by atoms with Crippen molar-refractivity contribution in [2.75, 3.05) is 83.6 Å². The van der Waals surface area contributed by atoms with E-state index in [1.165, 1.54) is 70.0 Å². The Morgan fingerprint density at radius 2 is 1.02 bits per heavy atom. The van der Waals surface area contributed by atoms with Gasteiger partial charge >= 0.3 is 12.3 Å². The number of nitrogens with zero attached hydrogens (tertiary/aromatic N) is 11. The number of Topliss-reactive ketones (excluding diaryl/α,β-unsaturated/α-hetero) is 2. The second-order valence-electron chi connectivity index (χ2n) is 25.3. The summed E-state index contributed by atoms with van der Waals surface area (Å²) in [4.78, 5) is 109. The number of anilines is 9. The molecule has 8 rings (SSSR count). The van der Waals surface area contributed by atoms with E-state index >= 15 is 0 Å². The van der Waals surface area contributed by atoms with Gasteiger partial charge in [0.1, 0.15) is 50.2 Å². The van der Waals surface area contributed by atoms with Crippen LogP contribution in [0.5, 0.6) is 11.6 Å². The monoisotopic (exact) mass is 1870 g/mol. The molecule has 642 valence electrons. The van der Waals surface area contributed by atoms with E-state index in [1.807, 2.05) is 58.0 Å². The highest BCUT2D eigenvalue weighted by Crippen LogP contribution is 2.61. The van der Waals surface area contributed by atoms with Crippen molar-refractivity contribution >= 4 is 198 Å². The molecular weight excluding hydrogens is 1770 g/mol. The normalized spacial score (nSPS) is 11.8. The van der Waals surface area contributed by atoms with Crippen LogP contribution in [0.25, 0.3) is 12.2 Å². The van der Waals surface area contributed by atoms with Crippen molar-refractivity contribution in [3.8, 4) is 24.0 Å². The number of aromatic hydroxyl groups is 1. The standard InChI is InChI=1S/C12H19IN4O.C12H20N4O.C12H18N4O.C10H17BO3.C9H8O.C8H8ClN3O.C4H3Cl2N3.C4H5N3O2.C4H11N.Cl3OP/c1-3-4-7-15-11-10(13)9(6-5-8(2)18)16-12(14)17-11;2*1-3-4-7-14-11-8-10(6-5-9(2)17)15-12(13)16-11;1-8(12)6-7-11-13-9(2,3)10(4,5)14-11;1-3-8-4-6-9(10-2)7-5-8;1-5(13)2-3-6-4-7(9)12-8(10)11-6;5-2-1-3(6)9-4(7)8-2;5-4-6-2(8)1-3(9)7-4;1-2-3-4-5;1-5(2,3)4/h3-7H2,1-2H3,(H3,14,15,16,17);8H,3-7H2,1-2H3,(H3,13,14,15,16);5-6,8H,3-4,7H2,1-2H3,(H3,13,14,15,16);6-7H,1-5H3;1,4-7H,2H3;2-4H,1H3,(H2,10,11,12);1H,(H2,7,8,9);1H,(H4,5,6,7,8,9);2-5H2,1H3;/b;;6-5+;7-6+;;3-2+;;;;. The van der Waals surface area contributed by atoms with Crippen LogP contribution in [-0.4, -0.2) is 145 Å². The number of nitrogens with two attached hydrogens (primary N) is 7. The third-order valence-electron chi connectivity index (χ3n) is 14.2. The van der Waals surface area contributed by atoms with Crippen molar-refractivity contribution in [1.82, 2.24) is 59.8 Å². The molecule has 0 atom stereocenters. The van der Waals surface area contributed by atoms with Crippen LogP contribution >= 0.6 is 96.3 Å². The molecule has 1 aliphatic heterocycles. The first-order valence-corrected chi connectivity index (χ1v) is 42.9. The number of nitrogen functional groups attached to an aromatic ring is 6. The summed E-state index contributed by atoms with van der Waals surface area (Å²) in [6.45, 7) is 27.5. The van der Waals surface area contributed by atoms with Gasteiger partial charge in [0.2, 0.25) is 41.6 Å². The molecular formula is C75H109BCl6IN22O11P. The lowest BCUT2D eigenvalue weighted by atomic mass is 9.90. The zero-order chi connectivity index (χ0) is 89.4. The lowest BCUT2D eigenvalue weighted by molar-refractivity contribution is -0.117. The van der Waals surface area contributed by atoms with E-state index in [0.717, 1.165) is 109 Å². The zero-order valence-corrected chi connectivity index (χ0v) is 75.8. The summed E-state index contributed by atoms with van der Waals surface area (Å²) < 4.78 is 26.7. The highest BCUT2D eigenvalue weighted by Gasteiger charge is 2.50. The van der Waals surface area contributed by atoms with Gasteiger partial charge in [0, 0.05) is 68.0 Å². The molecule has 0 saturated carbocycles. The molecule has 0 bridgehead atoms. The molecule has 0 unspecified atom stereocenters. The number of benzene rings is 1. The van der Waals surface area contributed by atoms with Crippen LogP contribution in [0.2, 0.25) is 15.5 Å². The van der Waals surface area contributed by atoms with E-state index < -0.39 is 17.9 Å². The highest BCUT2D eigenvalue weighted by molar-refractivity contribution is 14.1. The fraction of sp³-hybridized carbons (Fsp3) is 0.427. The number of H-pyrrole nitrogens is 1. The van der Waals surface area contributed by atoms with E-state index in [2.05, 4.69) is 166 Å². The third kappa shape index (κ3) is 58.6. The second-order valence-corrected chi connectivity index (χ2v) is 34.2. The molecule has 19 N–H and O–H groups in total. The molecule has 42 heteroatoms. The van der Waals surface area contributed by atoms with Crippen LogP contribution < -0.4 is 66.4 Å². The maximum atomic E-state index is 11.0. The van der Waals surface area contributed by atoms with Crippen molar-refractivity contribution in [3.05, 3.63) is 137 Å². The number of aromatic nitrogens is 12. The Labute approximate surface area is 728 Å². The number of unbranched alkanes of at least 4 members (excludes halogenated alkanes) is 4. The molecule has 0 spiro atoms. The van der Waals surface area contributed by atoms with Gasteiger partial charge in [-0.3, -0.25) is 28.7 Å². The summed E-state index contributed by atoms with van der Waals surface area (Å²) >= 11 is 32.5. The predicted octanol–water partition coefficient (Wildman–Crippen LogP) is 14.8. The maximum Gasteiger partial charge on any atom is 0.487 e. The highest BCUT2D eigenvalue weighted by atomic mass is 127. The Balaban J connectivity index is 0. The van der Waals surface area contributed by atoms with Gasteiger partial charge in [-0.15, -0.1) is 6.42 Å². The first kappa shape index (κ1) is 110. The van der Waals surface area contributed by atoms with E-state index in [0.29, 0.717) is 42.9 Å². The Hall–Kier alpha value is -8.93. The largest absolute Gasteiger partial charge is 0.497 e. The van der Waals surface area contributed by atoms with Gasteiger partial charge in [-0.05, 0) is 218 Å². The number of halogens is 7. The van der Waals surface area contributed by atoms with Gasteiger partial charge < -0.3 is 84.8 Å². The zero-order valence-electron chi connectivity index (χ0n) is 68.2. The first-order valence-electron chi connectivity index (χ1n) is 36.3. The molecule has 33 nitrogen and oxygen atoms in total. The second kappa shape index (κ2) is 61.4. The Morgan fingerprint density at radius 1 is 0.598 bits per heavy atom. The van der Waals surface area contributed by atoms with Gasteiger partial charge in [0.25, 0.3) is 5.56 Å². The molecule has 117 heavy (non-hydrogen) atoms. The van der Waals surface area contributed by atoms with Crippen molar-refractivity contribution in [3.63, 3.8) is 0 Å². The maximum absolute atomic E-state index is 11.0. The molecule has 6 aromatic heterocycles. The molecule has 0 aliphatic carbocycles. The minimum atomic E-state index is -3.22. The lowest BCUT2D eigenvalue weighted by Crippen LogP contribution is -2.41. The predicted molar refractivity (Wildman–Crippen MR) is 484 cm³/mol. The number of terminal acetylenes is 1. The number of aryl methyl sites for hydroxylation is 2.